The molecule has 8 nitrogen and oxygen atoms in total. The van der Waals surface area contributed by atoms with E-state index >= 15 is 0 Å². The lowest BCUT2D eigenvalue weighted by atomic mass is 10.0. The molecule has 1 amide bonds. The number of carbonyl (C=O) groups excluding carboxylic acids is 2. The summed E-state index contributed by atoms with van der Waals surface area (Å²) in [5.74, 6) is 0.641. The third-order valence-corrected chi connectivity index (χ3v) is 9.36. The van der Waals surface area contributed by atoms with E-state index in [-0.39, 0.29) is 23.9 Å². The Morgan fingerprint density at radius 3 is 1.93 bits per heavy atom. The lowest BCUT2D eigenvalue weighted by Crippen LogP contribution is -2.38. The first kappa shape index (κ1) is 39.7. The Kier molecular flexibility index (Phi) is 15.0. The summed E-state index contributed by atoms with van der Waals surface area (Å²) >= 11 is 0. The Bertz CT molecular complexity index is 2090. The zero-order valence-corrected chi connectivity index (χ0v) is 31.5. The Balaban J connectivity index is 0.000000198. The molecule has 1 N–H and O–H groups in total. The van der Waals surface area contributed by atoms with Crippen molar-refractivity contribution in [2.45, 2.75) is 32.2 Å². The van der Waals surface area contributed by atoms with Crippen molar-refractivity contribution in [3.05, 3.63) is 174 Å². The largest absolute Gasteiger partial charge is 0.492 e. The van der Waals surface area contributed by atoms with Crippen LogP contribution < -0.4 is 10.1 Å². The number of hydrogen-bond donors (Lipinski definition) is 1. The quantitative estimate of drug-likeness (QED) is 0.114. The van der Waals surface area contributed by atoms with Crippen molar-refractivity contribution in [2.75, 3.05) is 39.5 Å². The maximum Gasteiger partial charge on any atom is 0.226 e. The molecule has 1 aliphatic rings. The van der Waals surface area contributed by atoms with Crippen molar-refractivity contribution >= 4 is 11.7 Å². The van der Waals surface area contributed by atoms with E-state index in [2.05, 4.69) is 32.3 Å². The van der Waals surface area contributed by atoms with Crippen molar-refractivity contribution in [3.8, 4) is 28.0 Å². The maximum atomic E-state index is 13.1. The van der Waals surface area contributed by atoms with Gasteiger partial charge in [-0.25, -0.2) is 4.39 Å². The highest BCUT2D eigenvalue weighted by Gasteiger charge is 2.11. The number of benzene rings is 4. The fourth-order valence-corrected chi connectivity index (χ4v) is 6.18. The second-order valence-electron chi connectivity index (χ2n) is 13.6. The maximum absolute atomic E-state index is 13.1. The molecule has 0 atom stereocenters. The van der Waals surface area contributed by atoms with E-state index in [0.29, 0.717) is 31.7 Å². The molecule has 4 aromatic carbocycles. The highest BCUT2D eigenvalue weighted by atomic mass is 19.1. The van der Waals surface area contributed by atoms with Gasteiger partial charge in [-0.2, -0.15) is 0 Å². The Morgan fingerprint density at radius 1 is 0.679 bits per heavy atom. The summed E-state index contributed by atoms with van der Waals surface area (Å²) < 4.78 is 24.3. The number of amides is 1. The molecule has 0 radical (unpaired) electrons. The number of nitrogens with zero attached hydrogens (tertiary/aromatic N) is 3. The van der Waals surface area contributed by atoms with Gasteiger partial charge in [-0.3, -0.25) is 24.5 Å². The Labute approximate surface area is 328 Å². The van der Waals surface area contributed by atoms with Gasteiger partial charge >= 0.3 is 0 Å². The highest BCUT2D eigenvalue weighted by Crippen LogP contribution is 2.23. The number of aromatic nitrogens is 2. The molecule has 0 saturated carbocycles. The Morgan fingerprint density at radius 2 is 1.29 bits per heavy atom. The van der Waals surface area contributed by atoms with E-state index in [9.17, 15) is 14.0 Å². The fraction of sp³-hybridized carbons (Fsp3) is 0.234. The van der Waals surface area contributed by atoms with Gasteiger partial charge in [0.25, 0.3) is 0 Å². The van der Waals surface area contributed by atoms with Crippen LogP contribution in [0, 0.1) is 5.82 Å². The number of ether oxygens (including phenoxy) is 2. The van der Waals surface area contributed by atoms with Crippen LogP contribution in [0.1, 0.15) is 28.9 Å². The molecule has 1 saturated heterocycles. The molecule has 7 rings (SSSR count). The molecule has 1 fully saturated rings. The molecular weight excluding hydrogens is 704 g/mol. The summed E-state index contributed by atoms with van der Waals surface area (Å²) in [7, 11) is 0. The average Bonchev–Trinajstić information content (AvgIpc) is 3.24. The van der Waals surface area contributed by atoms with E-state index in [1.807, 2.05) is 103 Å². The van der Waals surface area contributed by atoms with Gasteiger partial charge in [0.05, 0.1) is 19.6 Å². The summed E-state index contributed by atoms with van der Waals surface area (Å²) in [6.07, 6.45) is 5.51. The summed E-state index contributed by atoms with van der Waals surface area (Å²) in [6, 6.07) is 42.1. The minimum Gasteiger partial charge on any atom is -0.492 e. The molecule has 56 heavy (non-hydrogen) atoms. The van der Waals surface area contributed by atoms with Gasteiger partial charge in [0.1, 0.15) is 24.0 Å². The van der Waals surface area contributed by atoms with Gasteiger partial charge in [-0.05, 0) is 65.1 Å². The summed E-state index contributed by atoms with van der Waals surface area (Å²) in [5, 5.41) is 2.78. The Hall–Kier alpha value is -6.03. The van der Waals surface area contributed by atoms with Crippen LogP contribution in [0.3, 0.4) is 0 Å². The molecular formula is C47H47FN4O4. The monoisotopic (exact) mass is 750 g/mol. The van der Waals surface area contributed by atoms with Gasteiger partial charge in [0.2, 0.25) is 5.91 Å². The van der Waals surface area contributed by atoms with E-state index < -0.39 is 0 Å². The number of Topliss-reactive ketones (excluding diaryl/α,β-unsaturated/α-hetero) is 1. The molecule has 286 valence electrons. The number of aryl methyl sites for hydroxylation is 1. The van der Waals surface area contributed by atoms with Gasteiger partial charge < -0.3 is 14.8 Å². The lowest BCUT2D eigenvalue weighted by Gasteiger charge is -2.26. The SMILES string of the molecule is O=C(CCc1ccccc1)Cc1ccc(-c2ccc(OCCN3CCOCC3)cc2)cn1.O=C(Cc1ccc(-c2ccccc2)cn1)NCc1cccc(F)c1. The second-order valence-corrected chi connectivity index (χ2v) is 13.6. The first-order valence-corrected chi connectivity index (χ1v) is 19.0. The number of pyridine rings is 2. The first-order chi connectivity index (χ1) is 27.5. The lowest BCUT2D eigenvalue weighted by molar-refractivity contribution is -0.120. The summed E-state index contributed by atoms with van der Waals surface area (Å²) in [4.78, 5) is 35.5. The minimum absolute atomic E-state index is 0.140. The number of carbonyl (C=O) groups is 2. The molecule has 1 aliphatic heterocycles. The van der Waals surface area contributed by atoms with E-state index in [0.717, 1.165) is 78.5 Å². The molecule has 0 unspecified atom stereocenters. The van der Waals surface area contributed by atoms with Crippen molar-refractivity contribution in [1.29, 1.82) is 0 Å². The summed E-state index contributed by atoms with van der Waals surface area (Å²) in [5.41, 5.74) is 7.66. The molecule has 0 spiro atoms. The third-order valence-electron chi connectivity index (χ3n) is 9.36. The van der Waals surface area contributed by atoms with Gasteiger partial charge in [-0.1, -0.05) is 97.1 Å². The van der Waals surface area contributed by atoms with Crippen molar-refractivity contribution < 1.29 is 23.5 Å². The van der Waals surface area contributed by atoms with Crippen molar-refractivity contribution in [1.82, 2.24) is 20.2 Å². The first-order valence-electron chi connectivity index (χ1n) is 19.0. The van der Waals surface area contributed by atoms with Gasteiger partial charge in [-0.15, -0.1) is 0 Å². The number of nitrogens with one attached hydrogen (secondary N) is 1. The molecule has 9 heteroatoms. The fourth-order valence-electron chi connectivity index (χ4n) is 6.18. The highest BCUT2D eigenvalue weighted by molar-refractivity contribution is 5.81. The van der Waals surface area contributed by atoms with Crippen LogP contribution in [0.5, 0.6) is 5.75 Å². The van der Waals surface area contributed by atoms with Crippen molar-refractivity contribution in [2.24, 2.45) is 0 Å². The smallest absolute Gasteiger partial charge is 0.226 e. The topological polar surface area (TPSA) is 93.6 Å². The second kappa shape index (κ2) is 21.2. The standard InChI is InChI=1S/C27H30N2O3.C20H17FN2O/c30-26(11-6-22-4-2-1-3-5-22)20-25-10-7-24(21-28-25)23-8-12-27(13-9-23)32-19-16-29-14-17-31-18-15-29;21-18-8-4-5-15(11-18)13-23-20(24)12-19-10-9-17(14-22-19)16-6-2-1-3-7-16/h1-5,7-10,12-13,21H,6,11,14-20H2;1-11,14H,12-13H2,(H,23,24). The zero-order valence-electron chi connectivity index (χ0n) is 31.5. The van der Waals surface area contributed by atoms with Crippen LogP contribution in [0.4, 0.5) is 4.39 Å². The molecule has 0 aliphatic carbocycles. The number of hydrogen-bond acceptors (Lipinski definition) is 7. The van der Waals surface area contributed by atoms with Crippen LogP contribution in [0.2, 0.25) is 0 Å². The molecule has 3 heterocycles. The van der Waals surface area contributed by atoms with Crippen molar-refractivity contribution in [3.63, 3.8) is 0 Å². The predicted molar refractivity (Wildman–Crippen MR) is 218 cm³/mol. The van der Waals surface area contributed by atoms with Gasteiger partial charge in [0, 0.05) is 73.9 Å². The molecule has 2 aromatic heterocycles. The minimum atomic E-state index is -0.306. The summed E-state index contributed by atoms with van der Waals surface area (Å²) in [6.45, 7) is 5.47. The van der Waals surface area contributed by atoms with Crippen LogP contribution >= 0.6 is 0 Å². The molecule has 6 aromatic rings. The predicted octanol–water partition coefficient (Wildman–Crippen LogP) is 7.95. The van der Waals surface area contributed by atoms with E-state index in [1.54, 1.807) is 18.3 Å². The van der Waals surface area contributed by atoms with Crippen LogP contribution in [-0.4, -0.2) is 66.0 Å². The zero-order chi connectivity index (χ0) is 38.8. The van der Waals surface area contributed by atoms with Gasteiger partial charge in [0.15, 0.2) is 0 Å². The number of ketones is 1. The normalized spacial score (nSPS) is 12.6. The van der Waals surface area contributed by atoms with Crippen LogP contribution in [0.15, 0.2) is 146 Å². The average molecular weight is 751 g/mol. The number of halogens is 1. The van der Waals surface area contributed by atoms with Crippen LogP contribution in [-0.2, 0) is 40.1 Å². The van der Waals surface area contributed by atoms with E-state index in [4.69, 9.17) is 9.47 Å². The van der Waals surface area contributed by atoms with Crippen LogP contribution in [0.25, 0.3) is 22.3 Å². The number of rotatable bonds is 15. The molecule has 0 bridgehead atoms. The third kappa shape index (κ3) is 13.1. The van der Waals surface area contributed by atoms with E-state index in [1.165, 1.54) is 17.7 Å². The number of morpholine rings is 1.